The standard InChI is InChI=1S/C8H8Cl2O2/c1-12-8-3-7(11)5(4-9)2-6(8)10/h2-3,11H,4H2,1H3. The largest absolute Gasteiger partial charge is 0.507 e. The number of phenolic OH excluding ortho intramolecular Hbond substituents is 1. The molecule has 1 N–H and O–H groups in total. The third-order valence-corrected chi connectivity index (χ3v) is 2.08. The molecule has 0 aromatic heterocycles. The van der Waals surface area contributed by atoms with Crippen LogP contribution in [0.2, 0.25) is 5.02 Å². The van der Waals surface area contributed by atoms with Gasteiger partial charge in [0.1, 0.15) is 11.5 Å². The number of halogens is 2. The first-order chi connectivity index (χ1) is 5.69. The Kier molecular flexibility index (Phi) is 3.06. The zero-order chi connectivity index (χ0) is 9.14. The van der Waals surface area contributed by atoms with Crippen molar-refractivity contribution in [1.29, 1.82) is 0 Å². The first-order valence-corrected chi connectivity index (χ1v) is 4.21. The SMILES string of the molecule is COc1cc(O)c(CCl)cc1Cl. The highest BCUT2D eigenvalue weighted by Gasteiger charge is 2.06. The minimum atomic E-state index is 0.103. The molecular weight excluding hydrogens is 199 g/mol. The summed E-state index contributed by atoms with van der Waals surface area (Å²) in [6.45, 7) is 0. The van der Waals surface area contributed by atoms with Crippen molar-refractivity contribution in [3.05, 3.63) is 22.7 Å². The lowest BCUT2D eigenvalue weighted by Crippen LogP contribution is -1.86. The van der Waals surface area contributed by atoms with Crippen molar-refractivity contribution >= 4 is 23.2 Å². The fourth-order valence-electron chi connectivity index (χ4n) is 0.847. The van der Waals surface area contributed by atoms with E-state index in [0.717, 1.165) is 0 Å². The second kappa shape index (κ2) is 3.87. The molecule has 0 spiro atoms. The Morgan fingerprint density at radius 3 is 2.67 bits per heavy atom. The number of rotatable bonds is 2. The zero-order valence-electron chi connectivity index (χ0n) is 6.47. The van der Waals surface area contributed by atoms with Gasteiger partial charge in [0, 0.05) is 11.6 Å². The third kappa shape index (κ3) is 1.76. The number of alkyl halides is 1. The smallest absolute Gasteiger partial charge is 0.141 e. The number of ether oxygens (including phenoxy) is 1. The van der Waals surface area contributed by atoms with E-state index in [1.165, 1.54) is 13.2 Å². The molecular formula is C8H8Cl2O2. The quantitative estimate of drug-likeness (QED) is 0.755. The summed E-state index contributed by atoms with van der Waals surface area (Å²) in [5.74, 6) is 0.782. The van der Waals surface area contributed by atoms with Crippen molar-refractivity contribution in [3.8, 4) is 11.5 Å². The first kappa shape index (κ1) is 9.49. The summed E-state index contributed by atoms with van der Waals surface area (Å²) in [5.41, 5.74) is 0.600. The molecule has 0 aliphatic rings. The summed E-state index contributed by atoms with van der Waals surface area (Å²) in [6.07, 6.45) is 0. The Morgan fingerprint density at radius 2 is 2.17 bits per heavy atom. The van der Waals surface area contributed by atoms with E-state index in [1.807, 2.05) is 0 Å². The van der Waals surface area contributed by atoms with Crippen LogP contribution in [-0.4, -0.2) is 12.2 Å². The fourth-order valence-corrected chi connectivity index (χ4v) is 1.32. The molecule has 0 unspecified atom stereocenters. The van der Waals surface area contributed by atoms with Crippen LogP contribution in [0.25, 0.3) is 0 Å². The van der Waals surface area contributed by atoms with Crippen LogP contribution in [0.5, 0.6) is 11.5 Å². The van der Waals surface area contributed by atoms with Crippen LogP contribution < -0.4 is 4.74 Å². The molecule has 0 saturated heterocycles. The van der Waals surface area contributed by atoms with Crippen molar-refractivity contribution < 1.29 is 9.84 Å². The van der Waals surface area contributed by atoms with Crippen LogP contribution in [0.1, 0.15) is 5.56 Å². The van der Waals surface area contributed by atoms with Gasteiger partial charge in [-0.05, 0) is 6.07 Å². The van der Waals surface area contributed by atoms with Crippen molar-refractivity contribution in [2.45, 2.75) is 5.88 Å². The lowest BCUT2D eigenvalue weighted by Gasteiger charge is -2.06. The molecule has 1 aromatic carbocycles. The summed E-state index contributed by atoms with van der Waals surface area (Å²) < 4.78 is 4.89. The van der Waals surface area contributed by atoms with Gasteiger partial charge in [0.2, 0.25) is 0 Å². The van der Waals surface area contributed by atoms with E-state index in [9.17, 15) is 5.11 Å². The van der Waals surface area contributed by atoms with Crippen LogP contribution in [0, 0.1) is 0 Å². The highest BCUT2D eigenvalue weighted by molar-refractivity contribution is 6.32. The maximum absolute atomic E-state index is 9.32. The van der Waals surface area contributed by atoms with Crippen LogP contribution in [0.15, 0.2) is 12.1 Å². The number of hydrogen-bond acceptors (Lipinski definition) is 2. The second-order valence-electron chi connectivity index (χ2n) is 2.25. The van der Waals surface area contributed by atoms with Crippen molar-refractivity contribution in [2.75, 3.05) is 7.11 Å². The topological polar surface area (TPSA) is 29.5 Å². The van der Waals surface area contributed by atoms with Gasteiger partial charge in [0.05, 0.1) is 18.0 Å². The van der Waals surface area contributed by atoms with Gasteiger partial charge in [0.25, 0.3) is 0 Å². The molecule has 0 atom stereocenters. The van der Waals surface area contributed by atoms with Gasteiger partial charge in [-0.2, -0.15) is 0 Å². The lowest BCUT2D eigenvalue weighted by molar-refractivity contribution is 0.407. The van der Waals surface area contributed by atoms with Gasteiger partial charge < -0.3 is 9.84 Å². The number of hydrogen-bond donors (Lipinski definition) is 1. The zero-order valence-corrected chi connectivity index (χ0v) is 7.99. The average molecular weight is 207 g/mol. The number of phenols is 1. The summed E-state index contributed by atoms with van der Waals surface area (Å²) >= 11 is 11.3. The normalized spacial score (nSPS) is 9.92. The molecule has 0 saturated carbocycles. The first-order valence-electron chi connectivity index (χ1n) is 3.30. The summed E-state index contributed by atoms with van der Waals surface area (Å²) in [7, 11) is 1.49. The Hall–Kier alpha value is -0.600. The van der Waals surface area contributed by atoms with E-state index in [-0.39, 0.29) is 11.6 Å². The molecule has 4 heteroatoms. The van der Waals surface area contributed by atoms with Crippen molar-refractivity contribution in [3.63, 3.8) is 0 Å². The molecule has 1 aromatic rings. The molecule has 66 valence electrons. The van der Waals surface area contributed by atoms with Gasteiger partial charge in [-0.3, -0.25) is 0 Å². The number of aromatic hydroxyl groups is 1. The van der Waals surface area contributed by atoms with E-state index in [2.05, 4.69) is 0 Å². The third-order valence-electron chi connectivity index (χ3n) is 1.50. The van der Waals surface area contributed by atoms with Crippen molar-refractivity contribution in [2.24, 2.45) is 0 Å². The Morgan fingerprint density at radius 1 is 1.50 bits per heavy atom. The predicted molar refractivity (Wildman–Crippen MR) is 49.2 cm³/mol. The molecule has 0 fully saturated rings. The van der Waals surface area contributed by atoms with Gasteiger partial charge >= 0.3 is 0 Å². The molecule has 1 rings (SSSR count). The predicted octanol–water partition coefficient (Wildman–Crippen LogP) is 2.79. The average Bonchev–Trinajstić information content (AvgIpc) is 2.08. The highest BCUT2D eigenvalue weighted by Crippen LogP contribution is 2.32. The summed E-state index contributed by atoms with van der Waals surface area (Å²) in [6, 6.07) is 3.03. The minimum Gasteiger partial charge on any atom is -0.507 e. The van der Waals surface area contributed by atoms with E-state index >= 15 is 0 Å². The minimum absolute atomic E-state index is 0.103. The van der Waals surface area contributed by atoms with Gasteiger partial charge in [0.15, 0.2) is 0 Å². The maximum Gasteiger partial charge on any atom is 0.141 e. The molecule has 2 nitrogen and oxygen atoms in total. The molecule has 0 bridgehead atoms. The Labute approximate surface area is 80.7 Å². The van der Waals surface area contributed by atoms with Gasteiger partial charge in [-0.15, -0.1) is 11.6 Å². The molecule has 0 heterocycles. The molecule has 0 amide bonds. The Bertz CT molecular complexity index is 257. The highest BCUT2D eigenvalue weighted by atomic mass is 35.5. The molecule has 0 radical (unpaired) electrons. The summed E-state index contributed by atoms with van der Waals surface area (Å²) in [5, 5.41) is 9.77. The van der Waals surface area contributed by atoms with E-state index < -0.39 is 0 Å². The van der Waals surface area contributed by atoms with Gasteiger partial charge in [-0.1, -0.05) is 11.6 Å². The molecule has 0 aliphatic carbocycles. The Balaban J connectivity index is 3.16. The molecule has 12 heavy (non-hydrogen) atoms. The van der Waals surface area contributed by atoms with Crippen LogP contribution >= 0.6 is 23.2 Å². The van der Waals surface area contributed by atoms with Crippen LogP contribution in [0.3, 0.4) is 0 Å². The second-order valence-corrected chi connectivity index (χ2v) is 2.92. The van der Waals surface area contributed by atoms with Crippen LogP contribution in [-0.2, 0) is 5.88 Å². The fraction of sp³-hybridized carbons (Fsp3) is 0.250. The monoisotopic (exact) mass is 206 g/mol. The van der Waals surface area contributed by atoms with Crippen molar-refractivity contribution in [1.82, 2.24) is 0 Å². The summed E-state index contributed by atoms with van der Waals surface area (Å²) in [4.78, 5) is 0. The van der Waals surface area contributed by atoms with E-state index in [0.29, 0.717) is 16.3 Å². The number of benzene rings is 1. The van der Waals surface area contributed by atoms with E-state index in [4.69, 9.17) is 27.9 Å². The number of methoxy groups -OCH3 is 1. The lowest BCUT2D eigenvalue weighted by atomic mass is 10.2. The van der Waals surface area contributed by atoms with Crippen LogP contribution in [0.4, 0.5) is 0 Å². The van der Waals surface area contributed by atoms with E-state index in [1.54, 1.807) is 6.07 Å². The molecule has 0 aliphatic heterocycles. The van der Waals surface area contributed by atoms with Gasteiger partial charge in [-0.25, -0.2) is 0 Å². The maximum atomic E-state index is 9.32.